The second-order valence-corrected chi connectivity index (χ2v) is 6.52. The molecule has 2 rings (SSSR count). The van der Waals surface area contributed by atoms with Crippen LogP contribution in [0.25, 0.3) is 0 Å². The SMILES string of the molecule is CC1CCC2(C)CC1C(C)(C)C2C. The van der Waals surface area contributed by atoms with Gasteiger partial charge in [0.1, 0.15) is 0 Å². The summed E-state index contributed by atoms with van der Waals surface area (Å²) in [7, 11) is 0. The number of hydrogen-bond acceptors (Lipinski definition) is 0. The maximum atomic E-state index is 2.52. The second kappa shape index (κ2) is 2.52. The summed E-state index contributed by atoms with van der Waals surface area (Å²) in [5.41, 5.74) is 1.26. The van der Waals surface area contributed by atoms with Crippen LogP contribution in [0.4, 0.5) is 0 Å². The Labute approximate surface area is 83.1 Å². The maximum absolute atomic E-state index is 2.52. The van der Waals surface area contributed by atoms with Crippen molar-refractivity contribution in [3.8, 4) is 0 Å². The van der Waals surface area contributed by atoms with Crippen molar-refractivity contribution in [1.82, 2.24) is 0 Å². The molecule has 0 aromatic rings. The standard InChI is InChI=1S/C13H24/c1-9-6-7-13(5)8-11(9)12(3,4)10(13)2/h9-11H,6-8H2,1-5H3. The van der Waals surface area contributed by atoms with Crippen LogP contribution >= 0.6 is 0 Å². The molecule has 0 aromatic heterocycles. The highest BCUT2D eigenvalue weighted by Crippen LogP contribution is 2.64. The van der Waals surface area contributed by atoms with Crippen LogP contribution in [0.1, 0.15) is 53.9 Å². The van der Waals surface area contributed by atoms with Gasteiger partial charge in [0.25, 0.3) is 0 Å². The van der Waals surface area contributed by atoms with Gasteiger partial charge in [-0.15, -0.1) is 0 Å². The summed E-state index contributed by atoms with van der Waals surface area (Å²) in [4.78, 5) is 0. The highest BCUT2D eigenvalue weighted by molar-refractivity contribution is 5.05. The van der Waals surface area contributed by atoms with Crippen LogP contribution < -0.4 is 0 Å². The van der Waals surface area contributed by atoms with E-state index in [9.17, 15) is 0 Å². The fraction of sp³-hybridized carbons (Fsp3) is 1.00. The number of fused-ring (bicyclic) bond motifs is 2. The van der Waals surface area contributed by atoms with E-state index in [1.54, 1.807) is 0 Å². The van der Waals surface area contributed by atoms with Gasteiger partial charge in [0.15, 0.2) is 0 Å². The minimum Gasteiger partial charge on any atom is -0.0622 e. The van der Waals surface area contributed by atoms with Crippen molar-refractivity contribution in [2.45, 2.75) is 53.9 Å². The average Bonchev–Trinajstić information content (AvgIpc) is 2.21. The van der Waals surface area contributed by atoms with Gasteiger partial charge < -0.3 is 0 Å². The predicted molar refractivity (Wildman–Crippen MR) is 57.6 cm³/mol. The third kappa shape index (κ3) is 1.10. The van der Waals surface area contributed by atoms with E-state index in [0.717, 1.165) is 17.8 Å². The molecule has 2 bridgehead atoms. The number of hydrogen-bond donors (Lipinski definition) is 0. The Morgan fingerprint density at radius 3 is 2.23 bits per heavy atom. The van der Waals surface area contributed by atoms with Crippen molar-refractivity contribution in [3.63, 3.8) is 0 Å². The highest BCUT2D eigenvalue weighted by atomic mass is 14.6. The van der Waals surface area contributed by atoms with Crippen molar-refractivity contribution in [2.24, 2.45) is 28.6 Å². The molecule has 76 valence electrons. The normalized spacial score (nSPS) is 53.8. The van der Waals surface area contributed by atoms with Gasteiger partial charge >= 0.3 is 0 Å². The first-order valence-corrected chi connectivity index (χ1v) is 5.88. The number of rotatable bonds is 0. The fourth-order valence-corrected chi connectivity index (χ4v) is 4.17. The molecule has 13 heavy (non-hydrogen) atoms. The Hall–Kier alpha value is 0. The van der Waals surface area contributed by atoms with E-state index in [4.69, 9.17) is 0 Å². The summed E-state index contributed by atoms with van der Waals surface area (Å²) < 4.78 is 0. The van der Waals surface area contributed by atoms with Crippen molar-refractivity contribution < 1.29 is 0 Å². The molecule has 0 nitrogen and oxygen atoms in total. The maximum Gasteiger partial charge on any atom is -0.0292 e. The van der Waals surface area contributed by atoms with E-state index in [1.807, 2.05) is 0 Å². The lowest BCUT2D eigenvalue weighted by atomic mass is 9.71. The van der Waals surface area contributed by atoms with Gasteiger partial charge in [-0.3, -0.25) is 0 Å². The summed E-state index contributed by atoms with van der Waals surface area (Å²) in [6.07, 6.45) is 4.42. The molecule has 0 saturated heterocycles. The lowest BCUT2D eigenvalue weighted by molar-refractivity contribution is 0.149. The van der Waals surface area contributed by atoms with Crippen LogP contribution in [0, 0.1) is 28.6 Å². The fourth-order valence-electron chi connectivity index (χ4n) is 4.17. The molecule has 0 spiro atoms. The molecule has 0 aromatic carbocycles. The molecule has 0 aliphatic heterocycles. The summed E-state index contributed by atoms with van der Waals surface area (Å²) in [6.45, 7) is 12.5. The van der Waals surface area contributed by atoms with Crippen LogP contribution in [-0.2, 0) is 0 Å². The van der Waals surface area contributed by atoms with E-state index in [0.29, 0.717) is 10.8 Å². The first-order chi connectivity index (χ1) is 5.88. The summed E-state index contributed by atoms with van der Waals surface area (Å²) >= 11 is 0. The van der Waals surface area contributed by atoms with Gasteiger partial charge in [-0.05, 0) is 47.8 Å². The van der Waals surface area contributed by atoms with E-state index < -0.39 is 0 Å². The van der Waals surface area contributed by atoms with E-state index in [1.165, 1.54) is 19.3 Å². The van der Waals surface area contributed by atoms with Gasteiger partial charge in [0.2, 0.25) is 0 Å². The third-order valence-corrected chi connectivity index (χ3v) is 5.66. The Morgan fingerprint density at radius 2 is 1.69 bits per heavy atom. The van der Waals surface area contributed by atoms with Gasteiger partial charge in [0.05, 0.1) is 0 Å². The Bertz CT molecular complexity index is 216. The van der Waals surface area contributed by atoms with Crippen LogP contribution in [0.5, 0.6) is 0 Å². The largest absolute Gasteiger partial charge is 0.0622 e. The Kier molecular flexibility index (Phi) is 1.85. The zero-order chi connectivity index (χ0) is 9.85. The van der Waals surface area contributed by atoms with Crippen LogP contribution in [0.2, 0.25) is 0 Å². The zero-order valence-electron chi connectivity index (χ0n) is 9.85. The summed E-state index contributed by atoms with van der Waals surface area (Å²) in [5, 5.41) is 0. The zero-order valence-corrected chi connectivity index (χ0v) is 9.85. The average molecular weight is 180 g/mol. The highest BCUT2D eigenvalue weighted by Gasteiger charge is 2.56. The molecule has 2 aliphatic rings. The Balaban J connectivity index is 2.36. The van der Waals surface area contributed by atoms with Crippen LogP contribution in [-0.4, -0.2) is 0 Å². The quantitative estimate of drug-likeness (QED) is 0.526. The smallest absolute Gasteiger partial charge is 0.0292 e. The van der Waals surface area contributed by atoms with Crippen molar-refractivity contribution in [2.75, 3.05) is 0 Å². The third-order valence-electron chi connectivity index (χ3n) is 5.66. The van der Waals surface area contributed by atoms with Crippen molar-refractivity contribution >= 4 is 0 Å². The molecule has 4 atom stereocenters. The van der Waals surface area contributed by atoms with Gasteiger partial charge in [-0.1, -0.05) is 34.6 Å². The van der Waals surface area contributed by atoms with Crippen LogP contribution in [0.3, 0.4) is 0 Å². The molecule has 0 heteroatoms. The molecular weight excluding hydrogens is 156 g/mol. The molecule has 4 unspecified atom stereocenters. The molecule has 0 heterocycles. The monoisotopic (exact) mass is 180 g/mol. The molecule has 0 amide bonds. The minimum atomic E-state index is 0.588. The summed E-state index contributed by atoms with van der Waals surface area (Å²) in [6, 6.07) is 0. The van der Waals surface area contributed by atoms with E-state index in [2.05, 4.69) is 34.6 Å². The first-order valence-electron chi connectivity index (χ1n) is 5.88. The van der Waals surface area contributed by atoms with E-state index in [-0.39, 0.29) is 0 Å². The Morgan fingerprint density at radius 1 is 1.08 bits per heavy atom. The molecule has 2 aliphatic carbocycles. The van der Waals surface area contributed by atoms with Gasteiger partial charge in [0, 0.05) is 0 Å². The van der Waals surface area contributed by atoms with Gasteiger partial charge in [-0.2, -0.15) is 0 Å². The van der Waals surface area contributed by atoms with Crippen molar-refractivity contribution in [3.05, 3.63) is 0 Å². The lowest BCUT2D eigenvalue weighted by Gasteiger charge is -2.34. The van der Waals surface area contributed by atoms with E-state index >= 15 is 0 Å². The topological polar surface area (TPSA) is 0 Å². The van der Waals surface area contributed by atoms with Crippen LogP contribution in [0.15, 0.2) is 0 Å². The minimum absolute atomic E-state index is 0.588. The first kappa shape index (κ1) is 9.55. The lowest BCUT2D eigenvalue weighted by Crippen LogP contribution is -2.27. The molecule has 0 N–H and O–H groups in total. The molecule has 2 saturated carbocycles. The molecular formula is C13H24. The predicted octanol–water partition coefficient (Wildman–Crippen LogP) is 4.10. The molecule has 2 fully saturated rings. The van der Waals surface area contributed by atoms with Crippen molar-refractivity contribution in [1.29, 1.82) is 0 Å². The summed E-state index contributed by atoms with van der Waals surface area (Å²) in [5.74, 6) is 2.87. The second-order valence-electron chi connectivity index (χ2n) is 6.52. The molecule has 0 radical (unpaired) electrons. The van der Waals surface area contributed by atoms with Gasteiger partial charge in [-0.25, -0.2) is 0 Å².